The van der Waals surface area contributed by atoms with E-state index < -0.39 is 12.1 Å². The van der Waals surface area contributed by atoms with Crippen molar-refractivity contribution in [2.24, 2.45) is 0 Å². The maximum atomic E-state index is 12.6. The van der Waals surface area contributed by atoms with Gasteiger partial charge in [-0.3, -0.25) is 0 Å². The summed E-state index contributed by atoms with van der Waals surface area (Å²) < 4.78 is 37.8. The second-order valence-electron chi connectivity index (χ2n) is 2.83. The van der Waals surface area contributed by atoms with Gasteiger partial charge in [0.25, 0.3) is 5.92 Å². The maximum absolute atomic E-state index is 12.6. The molecule has 0 aromatic carbocycles. The third-order valence-corrected chi connectivity index (χ3v) is 1.84. The van der Waals surface area contributed by atoms with Crippen molar-refractivity contribution in [1.82, 2.24) is 0 Å². The van der Waals surface area contributed by atoms with E-state index in [4.69, 9.17) is 0 Å². The third-order valence-electron chi connectivity index (χ3n) is 1.84. The van der Waals surface area contributed by atoms with Gasteiger partial charge in [0.1, 0.15) is 0 Å². The molecule has 0 spiro atoms. The van der Waals surface area contributed by atoms with Gasteiger partial charge >= 0.3 is 0 Å². The van der Waals surface area contributed by atoms with E-state index in [-0.39, 0.29) is 6.42 Å². The Labute approximate surface area is 64.1 Å². The minimum Gasteiger partial charge on any atom is -0.240 e. The van der Waals surface area contributed by atoms with Gasteiger partial charge in [-0.1, -0.05) is 12.5 Å². The van der Waals surface area contributed by atoms with E-state index in [1.807, 2.05) is 0 Å². The molecule has 1 rings (SSSR count). The van der Waals surface area contributed by atoms with E-state index in [2.05, 4.69) is 0 Å². The topological polar surface area (TPSA) is 0 Å². The Kier molecular flexibility index (Phi) is 2.58. The van der Waals surface area contributed by atoms with Crippen molar-refractivity contribution in [3.05, 3.63) is 12.2 Å². The average Bonchev–Trinajstić information content (AvgIpc) is 1.93. The third kappa shape index (κ3) is 2.24. The molecule has 0 aromatic heterocycles. The summed E-state index contributed by atoms with van der Waals surface area (Å²) in [5.74, 6) is -3.24. The Morgan fingerprint density at radius 1 is 1.27 bits per heavy atom. The zero-order chi connectivity index (χ0) is 8.32. The number of alkyl halides is 3. The van der Waals surface area contributed by atoms with Crippen molar-refractivity contribution < 1.29 is 13.2 Å². The summed E-state index contributed by atoms with van der Waals surface area (Å²) in [5.41, 5.74) is 0. The van der Waals surface area contributed by atoms with Crippen LogP contribution in [0.3, 0.4) is 0 Å². The molecular formula is C8H11F3. The maximum Gasteiger partial charge on any atom is 0.297 e. The first-order valence-electron chi connectivity index (χ1n) is 3.82. The van der Waals surface area contributed by atoms with E-state index in [0.717, 1.165) is 6.42 Å². The quantitative estimate of drug-likeness (QED) is 0.482. The summed E-state index contributed by atoms with van der Waals surface area (Å²) in [4.78, 5) is 0. The Morgan fingerprint density at radius 3 is 2.73 bits per heavy atom. The van der Waals surface area contributed by atoms with Gasteiger partial charge in [0.05, 0.1) is 0 Å². The highest BCUT2D eigenvalue weighted by Crippen LogP contribution is 2.29. The molecule has 0 saturated carbocycles. The van der Waals surface area contributed by atoms with Gasteiger partial charge in [-0.05, 0) is 25.3 Å². The van der Waals surface area contributed by atoms with E-state index in [0.29, 0.717) is 18.9 Å². The van der Waals surface area contributed by atoms with Crippen LogP contribution in [0.15, 0.2) is 12.2 Å². The van der Waals surface area contributed by atoms with Gasteiger partial charge in [-0.15, -0.1) is 0 Å². The number of rotatable bonds is 0. The smallest absolute Gasteiger partial charge is 0.240 e. The van der Waals surface area contributed by atoms with Gasteiger partial charge in [0, 0.05) is 0 Å². The zero-order valence-electron chi connectivity index (χ0n) is 6.19. The van der Waals surface area contributed by atoms with Crippen molar-refractivity contribution in [3.63, 3.8) is 0 Å². The summed E-state index contributed by atoms with van der Waals surface area (Å²) in [6, 6.07) is 0. The lowest BCUT2D eigenvalue weighted by Crippen LogP contribution is -2.28. The van der Waals surface area contributed by atoms with Crippen molar-refractivity contribution in [1.29, 1.82) is 0 Å². The zero-order valence-corrected chi connectivity index (χ0v) is 6.19. The van der Waals surface area contributed by atoms with E-state index in [9.17, 15) is 13.2 Å². The number of hydrogen-bond donors (Lipinski definition) is 0. The lowest BCUT2D eigenvalue weighted by Gasteiger charge is -2.18. The highest BCUT2D eigenvalue weighted by Gasteiger charge is 2.36. The van der Waals surface area contributed by atoms with Crippen molar-refractivity contribution in [2.75, 3.05) is 0 Å². The standard InChI is InChI=1S/C8H11F3/c9-7-5-3-1-2-4-6-8(7,10)11/h4,6-7H,1-3,5H2/b6-4-. The average molecular weight is 164 g/mol. The molecule has 0 fully saturated rings. The summed E-state index contributed by atoms with van der Waals surface area (Å²) >= 11 is 0. The minimum atomic E-state index is -3.24. The van der Waals surface area contributed by atoms with Crippen LogP contribution >= 0.6 is 0 Å². The molecule has 1 aliphatic carbocycles. The molecule has 1 aliphatic rings. The Hall–Kier alpha value is -0.470. The van der Waals surface area contributed by atoms with Gasteiger partial charge in [-0.2, -0.15) is 8.78 Å². The first kappa shape index (κ1) is 8.62. The van der Waals surface area contributed by atoms with E-state index in [1.54, 1.807) is 0 Å². The van der Waals surface area contributed by atoms with Gasteiger partial charge in [-0.25, -0.2) is 4.39 Å². The van der Waals surface area contributed by atoms with Crippen LogP contribution in [0.25, 0.3) is 0 Å². The fourth-order valence-electron chi connectivity index (χ4n) is 1.12. The summed E-state index contributed by atoms with van der Waals surface area (Å²) in [6.45, 7) is 0. The van der Waals surface area contributed by atoms with E-state index >= 15 is 0 Å². The van der Waals surface area contributed by atoms with Crippen molar-refractivity contribution in [2.45, 2.75) is 37.8 Å². The van der Waals surface area contributed by atoms with Crippen LogP contribution in [0.1, 0.15) is 25.7 Å². The largest absolute Gasteiger partial charge is 0.297 e. The van der Waals surface area contributed by atoms with Crippen LogP contribution < -0.4 is 0 Å². The molecule has 0 radical (unpaired) electrons. The van der Waals surface area contributed by atoms with Crippen molar-refractivity contribution >= 4 is 0 Å². The number of allylic oxidation sites excluding steroid dienone is 2. The molecule has 0 nitrogen and oxygen atoms in total. The first-order chi connectivity index (χ1) is 5.13. The molecule has 64 valence electrons. The molecule has 11 heavy (non-hydrogen) atoms. The molecule has 0 N–H and O–H groups in total. The van der Waals surface area contributed by atoms with E-state index in [1.165, 1.54) is 6.08 Å². The molecule has 3 heteroatoms. The lowest BCUT2D eigenvalue weighted by molar-refractivity contribution is -0.0327. The molecule has 0 saturated heterocycles. The fraction of sp³-hybridized carbons (Fsp3) is 0.750. The summed E-state index contributed by atoms with van der Waals surface area (Å²) in [7, 11) is 0. The van der Waals surface area contributed by atoms with Crippen LogP contribution in [0.4, 0.5) is 13.2 Å². The van der Waals surface area contributed by atoms with Gasteiger partial charge in [0.2, 0.25) is 0 Å². The predicted octanol–water partition coefficient (Wildman–Crippen LogP) is 3.09. The Bertz CT molecular complexity index is 151. The summed E-state index contributed by atoms with van der Waals surface area (Å²) in [5, 5.41) is 0. The second-order valence-corrected chi connectivity index (χ2v) is 2.83. The van der Waals surface area contributed by atoms with Gasteiger partial charge < -0.3 is 0 Å². The van der Waals surface area contributed by atoms with Crippen LogP contribution in [0.2, 0.25) is 0 Å². The Morgan fingerprint density at radius 2 is 2.00 bits per heavy atom. The molecule has 1 atom stereocenters. The monoisotopic (exact) mass is 164 g/mol. The number of halogens is 3. The molecule has 0 aliphatic heterocycles. The molecular weight excluding hydrogens is 153 g/mol. The molecule has 0 bridgehead atoms. The lowest BCUT2D eigenvalue weighted by atomic mass is 10.0. The molecule has 0 amide bonds. The van der Waals surface area contributed by atoms with Crippen molar-refractivity contribution in [3.8, 4) is 0 Å². The second kappa shape index (κ2) is 3.28. The molecule has 0 aromatic rings. The SMILES string of the molecule is FC1CCCC/C=C\C1(F)F. The molecule has 0 heterocycles. The minimum absolute atomic E-state index is 0.0165. The number of hydrogen-bond acceptors (Lipinski definition) is 0. The Balaban J connectivity index is 2.64. The van der Waals surface area contributed by atoms with Crippen LogP contribution in [-0.4, -0.2) is 12.1 Å². The van der Waals surface area contributed by atoms with Crippen LogP contribution in [0.5, 0.6) is 0 Å². The molecule has 1 unspecified atom stereocenters. The van der Waals surface area contributed by atoms with Crippen LogP contribution in [0, 0.1) is 0 Å². The van der Waals surface area contributed by atoms with Gasteiger partial charge in [0.15, 0.2) is 6.17 Å². The predicted molar refractivity (Wildman–Crippen MR) is 37.5 cm³/mol. The summed E-state index contributed by atoms with van der Waals surface area (Å²) in [6.07, 6.45) is 2.06. The van der Waals surface area contributed by atoms with Crippen LogP contribution in [-0.2, 0) is 0 Å². The normalized spacial score (nSPS) is 33.9. The fourth-order valence-corrected chi connectivity index (χ4v) is 1.12. The highest BCUT2D eigenvalue weighted by molar-refractivity contribution is 5.00. The first-order valence-corrected chi connectivity index (χ1v) is 3.82. The highest BCUT2D eigenvalue weighted by atomic mass is 19.3.